The minimum Gasteiger partial charge on any atom is -0.388 e. The van der Waals surface area contributed by atoms with Gasteiger partial charge in [-0.2, -0.15) is 0 Å². The van der Waals surface area contributed by atoms with E-state index in [1.807, 2.05) is 0 Å². The lowest BCUT2D eigenvalue weighted by Crippen LogP contribution is -2.36. The molecule has 49 heavy (non-hydrogen) atoms. The number of pyridine rings is 1. The number of hydrogen-bond acceptors (Lipinski definition) is 14. The van der Waals surface area contributed by atoms with Crippen LogP contribution in [-0.4, -0.2) is 96.4 Å². The predicted octanol–water partition coefficient (Wildman–Crippen LogP) is 2.67. The number of nitrogens with one attached hydrogen (secondary N) is 1. The second kappa shape index (κ2) is 16.0. The molecule has 0 aliphatic carbocycles. The summed E-state index contributed by atoms with van der Waals surface area (Å²) in [5.74, 6) is -0.918. The van der Waals surface area contributed by atoms with Gasteiger partial charge in [-0.25, -0.2) is 25.9 Å². The quantitative estimate of drug-likeness (QED) is 0.116. The lowest BCUT2D eigenvalue weighted by molar-refractivity contribution is -0.122. The second-order valence-electron chi connectivity index (χ2n) is 10.9. The van der Waals surface area contributed by atoms with Gasteiger partial charge in [0, 0.05) is 23.2 Å². The summed E-state index contributed by atoms with van der Waals surface area (Å²) < 4.78 is 58.8. The minimum absolute atomic E-state index is 0.0409. The molecule has 0 radical (unpaired) electrons. The Labute approximate surface area is 284 Å². The Kier molecular flexibility index (Phi) is 12.0. The van der Waals surface area contributed by atoms with Gasteiger partial charge in [-0.1, -0.05) is 13.8 Å². The zero-order chi connectivity index (χ0) is 35.3. The van der Waals surface area contributed by atoms with Crippen LogP contribution in [0.1, 0.15) is 42.8 Å². The number of nitrogens with zero attached hydrogens (tertiary/aromatic N) is 7. The highest BCUT2D eigenvalue weighted by Crippen LogP contribution is 2.51. The molecule has 1 amide bonds. The summed E-state index contributed by atoms with van der Waals surface area (Å²) in [6, 6.07) is 1.72. The number of hydrogen-bond donors (Lipinski definition) is 3. The summed E-state index contributed by atoms with van der Waals surface area (Å²) in [7, 11) is -3.32. The molecular weight excluding hydrogens is 709 g/mol. The average molecular weight is 742 g/mol. The molecule has 262 valence electrons. The van der Waals surface area contributed by atoms with E-state index >= 15 is 4.39 Å². The van der Waals surface area contributed by atoms with Crippen LogP contribution in [0, 0.1) is 12.5 Å². The Balaban J connectivity index is 1.33. The van der Waals surface area contributed by atoms with Crippen LogP contribution in [0.25, 0.3) is 15.9 Å². The normalized spacial score (nSPS) is 22.1. The summed E-state index contributed by atoms with van der Waals surface area (Å²) in [5, 5.41) is 12.4. The van der Waals surface area contributed by atoms with Crippen LogP contribution in [-0.2, 0) is 57.1 Å². The van der Waals surface area contributed by atoms with Crippen molar-refractivity contribution in [2.75, 3.05) is 26.4 Å². The van der Waals surface area contributed by atoms with Crippen LogP contribution in [0.4, 0.5) is 10.2 Å². The van der Waals surface area contributed by atoms with E-state index in [2.05, 4.69) is 30.1 Å². The number of amides is 1. The van der Waals surface area contributed by atoms with Crippen molar-refractivity contribution < 1.29 is 51.4 Å². The third kappa shape index (κ3) is 8.47. The number of fused-ring (bicyclic) bond motifs is 2. The first-order chi connectivity index (χ1) is 23.4. The zero-order valence-electron chi connectivity index (χ0n) is 26.1. The molecule has 0 spiro atoms. The van der Waals surface area contributed by atoms with Gasteiger partial charge < -0.3 is 38.1 Å². The van der Waals surface area contributed by atoms with E-state index in [1.54, 1.807) is 36.9 Å². The van der Waals surface area contributed by atoms with Crippen LogP contribution in [0.2, 0.25) is 0 Å². The number of alkyl halides is 1. The van der Waals surface area contributed by atoms with E-state index in [9.17, 15) is 24.2 Å². The number of amidine groups is 1. The van der Waals surface area contributed by atoms with Crippen molar-refractivity contribution in [3.05, 3.63) is 47.7 Å². The maximum atomic E-state index is 15.9. The van der Waals surface area contributed by atoms with Crippen molar-refractivity contribution in [2.24, 2.45) is 10.9 Å². The first kappa shape index (κ1) is 36.8. The van der Waals surface area contributed by atoms with Crippen LogP contribution in [0.15, 0.2) is 29.8 Å². The standard InChI is InChI=1S/C27H31FN8O10P2S/c1-15(2)26(39)34-20-10-18(38)23-25(33-20)36(14-31-23)27-24(46-47(40)41)22(28)19(45-27)13-44-48(49,42-8-6-29-3)43-9-7-35-17-4-5-30-11-16(17)32-21(35)12-37/h4-5,11,14-15,19,22,24,27,37H,6-10,12-13H2,1-2H3,(H-,33,34,38,39,40,41)/p+1/t19-,22-,24-,27?,48?/m1/s1. The smallest absolute Gasteiger partial charge is 0.388 e. The molecule has 3 N–H and O–H groups in total. The molecule has 1 saturated heterocycles. The molecule has 6 atom stereocenters. The number of ether oxygens (including phenoxy) is 1. The summed E-state index contributed by atoms with van der Waals surface area (Å²) in [6.45, 7) is 5.70. The molecule has 2 aliphatic rings. The van der Waals surface area contributed by atoms with Crippen LogP contribution in [0.3, 0.4) is 0 Å². The lowest BCUT2D eigenvalue weighted by Gasteiger charge is -2.23. The van der Waals surface area contributed by atoms with Gasteiger partial charge in [0.25, 0.3) is 0 Å². The van der Waals surface area contributed by atoms with Crippen LogP contribution < -0.4 is 5.32 Å². The largest absolute Gasteiger partial charge is 0.695 e. The Morgan fingerprint density at radius 3 is 2.84 bits per heavy atom. The number of carbonyl (C=O) groups excluding carboxylic acids is 2. The molecule has 18 nitrogen and oxygen atoms in total. The molecule has 1 fully saturated rings. The number of rotatable bonds is 15. The number of aromatic nitrogens is 5. The number of aliphatic imine (C=N–C) groups is 1. The van der Waals surface area contributed by atoms with Gasteiger partial charge in [0.1, 0.15) is 36.5 Å². The summed E-state index contributed by atoms with van der Waals surface area (Å²) in [4.78, 5) is 54.6. The van der Waals surface area contributed by atoms with E-state index < -0.39 is 57.9 Å². The van der Waals surface area contributed by atoms with Crippen molar-refractivity contribution >= 4 is 61.2 Å². The summed E-state index contributed by atoms with van der Waals surface area (Å²) >= 11 is 5.56. The van der Waals surface area contributed by atoms with Gasteiger partial charge in [0.05, 0.1) is 37.7 Å². The molecule has 5 rings (SSSR count). The first-order valence-corrected chi connectivity index (χ1v) is 18.5. The van der Waals surface area contributed by atoms with Gasteiger partial charge >= 0.3 is 15.0 Å². The maximum Gasteiger partial charge on any atom is 0.695 e. The first-order valence-electron chi connectivity index (χ1n) is 14.8. The van der Waals surface area contributed by atoms with Gasteiger partial charge in [0.2, 0.25) is 12.5 Å². The molecule has 5 heterocycles. The van der Waals surface area contributed by atoms with E-state index in [1.165, 1.54) is 4.57 Å². The number of Topliss-reactive ketones (excluding diaryl/α,β-unsaturated/α-hetero) is 1. The summed E-state index contributed by atoms with van der Waals surface area (Å²) in [5.41, 5.74) is 1.17. The predicted molar refractivity (Wildman–Crippen MR) is 172 cm³/mol. The molecule has 3 aromatic rings. The lowest BCUT2D eigenvalue weighted by atomic mass is 10.1. The van der Waals surface area contributed by atoms with E-state index in [0.29, 0.717) is 16.9 Å². The van der Waals surface area contributed by atoms with Crippen molar-refractivity contribution in [1.29, 1.82) is 0 Å². The Morgan fingerprint density at radius 2 is 2.12 bits per heavy atom. The van der Waals surface area contributed by atoms with Crippen molar-refractivity contribution in [3.63, 3.8) is 0 Å². The monoisotopic (exact) mass is 741 g/mol. The molecule has 3 aromatic heterocycles. The van der Waals surface area contributed by atoms with Gasteiger partial charge in [-0.05, 0) is 17.9 Å². The Morgan fingerprint density at radius 1 is 1.35 bits per heavy atom. The van der Waals surface area contributed by atoms with Gasteiger partial charge in [-0.15, -0.1) is 9.42 Å². The number of aliphatic hydroxyl groups is 1. The molecule has 0 aromatic carbocycles. The summed E-state index contributed by atoms with van der Waals surface area (Å²) in [6.07, 6.45) is -2.62. The van der Waals surface area contributed by atoms with Crippen molar-refractivity contribution in [2.45, 2.75) is 58.0 Å². The van der Waals surface area contributed by atoms with Gasteiger partial charge in [0.15, 0.2) is 35.8 Å². The Bertz CT molecular complexity index is 1850. The third-order valence-electron chi connectivity index (χ3n) is 7.33. The molecule has 0 saturated carbocycles. The van der Waals surface area contributed by atoms with E-state index in [0.717, 1.165) is 6.33 Å². The fourth-order valence-corrected chi connectivity index (χ4v) is 7.22. The highest BCUT2D eigenvalue weighted by Gasteiger charge is 2.53. The molecule has 2 aliphatic heterocycles. The highest BCUT2D eigenvalue weighted by molar-refractivity contribution is 8.07. The fraction of sp³-hybridized carbons (Fsp3) is 0.519. The Hall–Kier alpha value is -3.47. The molecular formula is C27H32FN8O10P2S+. The van der Waals surface area contributed by atoms with Crippen molar-refractivity contribution in [3.8, 4) is 0 Å². The molecule has 3 unspecified atom stereocenters. The van der Waals surface area contributed by atoms with E-state index in [4.69, 9.17) is 41.2 Å². The molecule has 22 heteroatoms. The van der Waals surface area contributed by atoms with Crippen molar-refractivity contribution in [1.82, 2.24) is 29.4 Å². The number of imidazole rings is 2. The average Bonchev–Trinajstić information content (AvgIpc) is 3.74. The third-order valence-corrected chi connectivity index (χ3v) is 10.2. The minimum atomic E-state index is -3.65. The number of halogens is 1. The molecule has 0 bridgehead atoms. The number of aliphatic hydroxyl groups excluding tert-OH is 1. The SMILES string of the molecule is [C-]#[N+]CCOP(=S)(OCCn1c(CO)nc2cnccc21)OC[C@H]1OC(n2cnc3c2N=C(NC(=O)C(C)C)CC3=O)[C@H](O[P+](=O)O)[C@@H]1F. The topological polar surface area (TPSA) is 215 Å². The number of ketones is 1. The fourth-order valence-electron chi connectivity index (χ4n) is 5.00. The zero-order valence-corrected chi connectivity index (χ0v) is 28.7. The van der Waals surface area contributed by atoms with Gasteiger partial charge in [-0.3, -0.25) is 19.1 Å². The highest BCUT2D eigenvalue weighted by atomic mass is 32.5. The van der Waals surface area contributed by atoms with Crippen LogP contribution >= 0.6 is 15.0 Å². The van der Waals surface area contributed by atoms with E-state index in [-0.39, 0.29) is 62.6 Å². The number of carbonyl (C=O) groups is 2. The maximum absolute atomic E-state index is 15.9. The van der Waals surface area contributed by atoms with Crippen LogP contribution in [0.5, 0.6) is 0 Å². The second-order valence-corrected chi connectivity index (χ2v) is 14.6.